The number of hydrogen-bond donors (Lipinski definition) is 1. The fourth-order valence-corrected chi connectivity index (χ4v) is 2.82. The molecule has 1 N–H and O–H groups in total. The molecule has 1 fully saturated rings. The van der Waals surface area contributed by atoms with Crippen molar-refractivity contribution in [2.75, 3.05) is 18.0 Å². The summed E-state index contributed by atoms with van der Waals surface area (Å²) in [4.78, 5) is 17.2. The Morgan fingerprint density at radius 3 is 2.89 bits per heavy atom. The van der Waals surface area contributed by atoms with Crippen LogP contribution in [0.25, 0.3) is 11.2 Å². The fourth-order valence-electron chi connectivity index (χ4n) is 2.31. The molecule has 18 heavy (non-hydrogen) atoms. The van der Waals surface area contributed by atoms with Gasteiger partial charge in [-0.05, 0) is 18.9 Å². The predicted octanol–water partition coefficient (Wildman–Crippen LogP) is 1.39. The van der Waals surface area contributed by atoms with Gasteiger partial charge in [0.15, 0.2) is 5.65 Å². The molecular formula is C11H12N4O2S. The van der Waals surface area contributed by atoms with Crippen molar-refractivity contribution in [3.05, 3.63) is 12.3 Å². The molecule has 7 heteroatoms. The van der Waals surface area contributed by atoms with E-state index in [1.165, 1.54) is 0 Å². The van der Waals surface area contributed by atoms with E-state index >= 15 is 0 Å². The maximum absolute atomic E-state index is 10.9. The first-order valence-electron chi connectivity index (χ1n) is 5.81. The van der Waals surface area contributed by atoms with Crippen molar-refractivity contribution >= 4 is 34.5 Å². The number of fused-ring (bicyclic) bond motifs is 1. The average Bonchev–Trinajstić information content (AvgIpc) is 2.87. The molecule has 0 atom stereocenters. The lowest BCUT2D eigenvalue weighted by molar-refractivity contribution is -0.142. The van der Waals surface area contributed by atoms with Gasteiger partial charge in [-0.15, -0.1) is 0 Å². The van der Waals surface area contributed by atoms with Gasteiger partial charge in [-0.2, -0.15) is 8.75 Å². The Balaban J connectivity index is 1.84. The summed E-state index contributed by atoms with van der Waals surface area (Å²) in [5, 5.41) is 8.98. The summed E-state index contributed by atoms with van der Waals surface area (Å²) in [6.07, 6.45) is 3.08. The minimum atomic E-state index is -0.690. The molecule has 2 aromatic heterocycles. The summed E-state index contributed by atoms with van der Waals surface area (Å²) in [7, 11) is 0. The number of pyridine rings is 1. The van der Waals surface area contributed by atoms with Crippen molar-refractivity contribution in [1.29, 1.82) is 0 Å². The van der Waals surface area contributed by atoms with E-state index in [-0.39, 0.29) is 5.92 Å². The highest BCUT2D eigenvalue weighted by Crippen LogP contribution is 2.28. The molecular weight excluding hydrogens is 252 g/mol. The summed E-state index contributed by atoms with van der Waals surface area (Å²) < 4.78 is 8.37. The van der Waals surface area contributed by atoms with Gasteiger partial charge in [0.1, 0.15) is 5.52 Å². The van der Waals surface area contributed by atoms with Gasteiger partial charge in [-0.1, -0.05) is 0 Å². The molecule has 0 spiro atoms. The summed E-state index contributed by atoms with van der Waals surface area (Å²) in [5.74, 6) is -0.906. The van der Waals surface area contributed by atoms with Gasteiger partial charge in [0.25, 0.3) is 0 Å². The van der Waals surface area contributed by atoms with Crippen molar-refractivity contribution in [2.45, 2.75) is 12.8 Å². The summed E-state index contributed by atoms with van der Waals surface area (Å²) in [6, 6.07) is 1.92. The third-order valence-electron chi connectivity index (χ3n) is 3.33. The Morgan fingerprint density at radius 1 is 1.39 bits per heavy atom. The van der Waals surface area contributed by atoms with Crippen LogP contribution in [0.3, 0.4) is 0 Å². The molecule has 1 saturated heterocycles. The normalized spacial score (nSPS) is 17.2. The third-order valence-corrected chi connectivity index (χ3v) is 3.85. The lowest BCUT2D eigenvalue weighted by Gasteiger charge is -2.31. The van der Waals surface area contributed by atoms with E-state index in [1.807, 2.05) is 6.07 Å². The number of aliphatic carboxylic acids is 1. The van der Waals surface area contributed by atoms with E-state index in [2.05, 4.69) is 18.6 Å². The molecule has 0 unspecified atom stereocenters. The Hall–Kier alpha value is -1.76. The van der Waals surface area contributed by atoms with Gasteiger partial charge in [0.2, 0.25) is 0 Å². The van der Waals surface area contributed by atoms with Gasteiger partial charge in [0, 0.05) is 19.3 Å². The zero-order valence-electron chi connectivity index (χ0n) is 9.61. The van der Waals surface area contributed by atoms with Crippen LogP contribution in [0.4, 0.5) is 5.69 Å². The first kappa shape index (κ1) is 11.3. The van der Waals surface area contributed by atoms with Crippen LogP contribution in [0.2, 0.25) is 0 Å². The molecule has 0 radical (unpaired) electrons. The molecule has 3 rings (SSSR count). The van der Waals surface area contributed by atoms with Gasteiger partial charge >= 0.3 is 5.97 Å². The first-order chi connectivity index (χ1) is 8.75. The van der Waals surface area contributed by atoms with E-state index in [9.17, 15) is 4.79 Å². The quantitative estimate of drug-likeness (QED) is 0.883. The number of hydrogen-bond acceptors (Lipinski definition) is 6. The number of piperidine rings is 1. The lowest BCUT2D eigenvalue weighted by Crippen LogP contribution is -2.36. The van der Waals surface area contributed by atoms with Gasteiger partial charge < -0.3 is 10.0 Å². The average molecular weight is 264 g/mol. The monoisotopic (exact) mass is 264 g/mol. The van der Waals surface area contributed by atoms with Crippen molar-refractivity contribution in [2.24, 2.45) is 5.92 Å². The molecule has 0 aliphatic carbocycles. The highest BCUT2D eigenvalue weighted by molar-refractivity contribution is 7.00. The molecule has 2 aromatic rings. The number of carboxylic acids is 1. The maximum atomic E-state index is 10.9. The van der Waals surface area contributed by atoms with Crippen LogP contribution in [0, 0.1) is 5.92 Å². The zero-order chi connectivity index (χ0) is 12.5. The fraction of sp³-hybridized carbons (Fsp3) is 0.455. The number of carboxylic acid groups (broad SMARTS) is 1. The SMILES string of the molecule is O=C(O)C1CCN(c2ccnc3nsnc23)CC1. The van der Waals surface area contributed by atoms with Crippen molar-refractivity contribution in [3.8, 4) is 0 Å². The second-order valence-electron chi connectivity index (χ2n) is 4.37. The summed E-state index contributed by atoms with van der Waals surface area (Å²) in [6.45, 7) is 1.49. The molecule has 6 nitrogen and oxygen atoms in total. The van der Waals surface area contributed by atoms with E-state index in [0.717, 1.165) is 36.0 Å². The number of carbonyl (C=O) groups is 1. The second kappa shape index (κ2) is 4.49. The van der Waals surface area contributed by atoms with Crippen LogP contribution in [0.1, 0.15) is 12.8 Å². The Labute approximate surface area is 108 Å². The van der Waals surface area contributed by atoms with Crippen molar-refractivity contribution in [3.63, 3.8) is 0 Å². The zero-order valence-corrected chi connectivity index (χ0v) is 10.4. The van der Waals surface area contributed by atoms with Crippen LogP contribution < -0.4 is 4.90 Å². The molecule has 1 aliphatic rings. The lowest BCUT2D eigenvalue weighted by atomic mass is 9.97. The molecule has 3 heterocycles. The van der Waals surface area contributed by atoms with Gasteiger partial charge in [0.05, 0.1) is 23.3 Å². The van der Waals surface area contributed by atoms with E-state index in [1.54, 1.807) is 6.20 Å². The summed E-state index contributed by atoms with van der Waals surface area (Å²) in [5.41, 5.74) is 2.49. The van der Waals surface area contributed by atoms with Crippen LogP contribution >= 0.6 is 11.7 Å². The summed E-state index contributed by atoms with van der Waals surface area (Å²) >= 11 is 1.15. The van der Waals surface area contributed by atoms with Gasteiger partial charge in [-0.3, -0.25) is 4.79 Å². The smallest absolute Gasteiger partial charge is 0.306 e. The molecule has 94 valence electrons. The number of anilines is 1. The highest BCUT2D eigenvalue weighted by atomic mass is 32.1. The molecule has 0 aromatic carbocycles. The largest absolute Gasteiger partial charge is 0.481 e. The Bertz CT molecular complexity index is 577. The third kappa shape index (κ3) is 1.90. The van der Waals surface area contributed by atoms with Crippen LogP contribution in [-0.4, -0.2) is 37.9 Å². The van der Waals surface area contributed by atoms with Crippen LogP contribution in [0.15, 0.2) is 12.3 Å². The molecule has 0 saturated carbocycles. The maximum Gasteiger partial charge on any atom is 0.306 e. The minimum Gasteiger partial charge on any atom is -0.481 e. The minimum absolute atomic E-state index is 0.216. The standard InChI is InChI=1S/C11H12N4O2S/c16-11(17)7-2-5-15(6-3-7)8-1-4-12-10-9(8)13-18-14-10/h1,4,7H,2-3,5-6H2,(H,16,17). The Morgan fingerprint density at radius 2 is 2.17 bits per heavy atom. The second-order valence-corrected chi connectivity index (χ2v) is 4.89. The molecule has 0 bridgehead atoms. The molecule has 1 aliphatic heterocycles. The molecule has 0 amide bonds. The number of rotatable bonds is 2. The topological polar surface area (TPSA) is 79.2 Å². The highest BCUT2D eigenvalue weighted by Gasteiger charge is 2.25. The Kier molecular flexibility index (Phi) is 2.83. The van der Waals surface area contributed by atoms with E-state index in [4.69, 9.17) is 5.11 Å². The predicted molar refractivity (Wildman–Crippen MR) is 67.8 cm³/mol. The van der Waals surface area contributed by atoms with Crippen molar-refractivity contribution in [1.82, 2.24) is 13.7 Å². The first-order valence-corrected chi connectivity index (χ1v) is 6.54. The van der Waals surface area contributed by atoms with E-state index in [0.29, 0.717) is 18.5 Å². The van der Waals surface area contributed by atoms with Crippen molar-refractivity contribution < 1.29 is 9.90 Å². The van der Waals surface area contributed by atoms with Gasteiger partial charge in [-0.25, -0.2) is 4.98 Å². The number of nitrogens with zero attached hydrogens (tertiary/aromatic N) is 4. The van der Waals surface area contributed by atoms with Crippen LogP contribution in [0.5, 0.6) is 0 Å². The number of aromatic nitrogens is 3. The van der Waals surface area contributed by atoms with Crippen LogP contribution in [-0.2, 0) is 4.79 Å². The van der Waals surface area contributed by atoms with E-state index < -0.39 is 5.97 Å².